The summed E-state index contributed by atoms with van der Waals surface area (Å²) in [7, 11) is 0. The van der Waals surface area contributed by atoms with Gasteiger partial charge in [-0.05, 0) is 83.0 Å². The van der Waals surface area contributed by atoms with E-state index in [1.807, 2.05) is 73.7 Å². The zero-order valence-electron chi connectivity index (χ0n) is 33.9. The van der Waals surface area contributed by atoms with Gasteiger partial charge in [-0.25, -0.2) is 19.9 Å². The van der Waals surface area contributed by atoms with Gasteiger partial charge in [-0.1, -0.05) is 19.1 Å². The van der Waals surface area contributed by atoms with Crippen LogP contribution in [0.2, 0.25) is 0 Å². The standard InChI is InChI=1S/C44H48N10O4/c1-7-16-57-38-23-30(26-56)22-32-34-25-46-42(36-21-29(6)50-54(36)9-3)48-44(34)52(40(32)38)14-11-10-13-51-39-31(18-27(4)19-37(39)58-17-12-15-55)33-24-45-41(47-43(33)51)35-20-28(5)49-53(35)8-2/h10-11,18-26,55H,7-9,12-17H2,1-6H3/b11-10+. The summed E-state index contributed by atoms with van der Waals surface area (Å²) in [6.07, 6.45) is 10.2. The summed E-state index contributed by atoms with van der Waals surface area (Å²) in [6, 6.07) is 11.9. The number of hydrogen-bond donors (Lipinski definition) is 1. The van der Waals surface area contributed by atoms with Crippen molar-refractivity contribution < 1.29 is 19.4 Å². The molecule has 6 heterocycles. The second-order valence-corrected chi connectivity index (χ2v) is 14.5. The molecule has 0 aliphatic carbocycles. The molecule has 0 fully saturated rings. The van der Waals surface area contributed by atoms with E-state index < -0.39 is 0 Å². The maximum absolute atomic E-state index is 12.1. The van der Waals surface area contributed by atoms with Gasteiger partial charge in [-0.3, -0.25) is 14.2 Å². The highest BCUT2D eigenvalue weighted by atomic mass is 16.5. The van der Waals surface area contributed by atoms with Crippen LogP contribution in [0.1, 0.15) is 60.9 Å². The highest BCUT2D eigenvalue weighted by Crippen LogP contribution is 2.38. The first kappa shape index (κ1) is 38.5. The average molecular weight is 781 g/mol. The average Bonchev–Trinajstić information content (AvgIpc) is 3.98. The van der Waals surface area contributed by atoms with Crippen molar-refractivity contribution in [3.05, 3.63) is 83.5 Å². The summed E-state index contributed by atoms with van der Waals surface area (Å²) in [4.78, 5) is 32.1. The number of carbonyl (C=O) groups excluding carboxylic acids is 1. The molecule has 298 valence electrons. The Morgan fingerprint density at radius 2 is 1.21 bits per heavy atom. The normalized spacial score (nSPS) is 12.0. The van der Waals surface area contributed by atoms with Crippen molar-refractivity contribution in [1.82, 2.24) is 48.6 Å². The molecular formula is C44H48N10O4. The fourth-order valence-electron chi connectivity index (χ4n) is 7.73. The summed E-state index contributed by atoms with van der Waals surface area (Å²) in [6.45, 7) is 15.4. The number of aldehydes is 1. The molecule has 58 heavy (non-hydrogen) atoms. The first-order valence-corrected chi connectivity index (χ1v) is 20.0. The molecule has 0 saturated carbocycles. The third-order valence-electron chi connectivity index (χ3n) is 10.2. The van der Waals surface area contributed by atoms with E-state index in [-0.39, 0.29) is 6.61 Å². The molecule has 0 radical (unpaired) electrons. The van der Waals surface area contributed by atoms with Gasteiger partial charge in [-0.15, -0.1) is 0 Å². The summed E-state index contributed by atoms with van der Waals surface area (Å²) < 4.78 is 20.8. The number of hydrogen-bond acceptors (Lipinski definition) is 10. The molecule has 8 aromatic rings. The zero-order valence-corrected chi connectivity index (χ0v) is 33.9. The first-order valence-electron chi connectivity index (χ1n) is 20.0. The molecule has 14 heteroatoms. The van der Waals surface area contributed by atoms with Crippen LogP contribution in [-0.4, -0.2) is 79.8 Å². The molecule has 0 amide bonds. The minimum absolute atomic E-state index is 0.0404. The number of aliphatic hydroxyl groups excluding tert-OH is 1. The summed E-state index contributed by atoms with van der Waals surface area (Å²) in [5.74, 6) is 2.51. The van der Waals surface area contributed by atoms with Crippen molar-refractivity contribution in [1.29, 1.82) is 0 Å². The van der Waals surface area contributed by atoms with Gasteiger partial charge in [0, 0.05) is 78.7 Å². The van der Waals surface area contributed by atoms with Gasteiger partial charge >= 0.3 is 0 Å². The van der Waals surface area contributed by atoms with Crippen LogP contribution in [0.5, 0.6) is 11.5 Å². The zero-order chi connectivity index (χ0) is 40.5. The number of benzene rings is 2. The minimum Gasteiger partial charge on any atom is -0.491 e. The van der Waals surface area contributed by atoms with Gasteiger partial charge < -0.3 is 23.7 Å². The number of aryl methyl sites for hydroxylation is 5. The number of aliphatic hydroxyl groups is 1. The highest BCUT2D eigenvalue weighted by Gasteiger charge is 2.22. The lowest BCUT2D eigenvalue weighted by Gasteiger charge is -2.12. The van der Waals surface area contributed by atoms with Crippen molar-refractivity contribution in [2.24, 2.45) is 0 Å². The van der Waals surface area contributed by atoms with Crippen LogP contribution in [0.25, 0.3) is 66.9 Å². The van der Waals surface area contributed by atoms with E-state index in [1.165, 1.54) is 0 Å². The molecule has 14 nitrogen and oxygen atoms in total. The number of fused-ring (bicyclic) bond motifs is 6. The molecule has 0 unspecified atom stereocenters. The van der Waals surface area contributed by atoms with Crippen molar-refractivity contribution in [2.75, 3.05) is 19.8 Å². The van der Waals surface area contributed by atoms with E-state index in [0.717, 1.165) is 90.7 Å². The van der Waals surface area contributed by atoms with Gasteiger partial charge in [-0.2, -0.15) is 10.2 Å². The molecule has 0 bridgehead atoms. The third kappa shape index (κ3) is 6.97. The van der Waals surface area contributed by atoms with E-state index >= 15 is 0 Å². The fourth-order valence-corrected chi connectivity index (χ4v) is 7.73. The van der Waals surface area contributed by atoms with E-state index in [4.69, 9.17) is 29.4 Å². The van der Waals surface area contributed by atoms with Crippen LogP contribution in [0.15, 0.2) is 60.9 Å². The Kier molecular flexibility index (Phi) is 10.8. The Morgan fingerprint density at radius 1 is 0.672 bits per heavy atom. The monoisotopic (exact) mass is 780 g/mol. The largest absolute Gasteiger partial charge is 0.491 e. The van der Waals surface area contributed by atoms with Gasteiger partial charge in [0.05, 0.1) is 35.6 Å². The predicted octanol–water partition coefficient (Wildman–Crippen LogP) is 7.79. The predicted molar refractivity (Wildman–Crippen MR) is 226 cm³/mol. The van der Waals surface area contributed by atoms with Crippen LogP contribution in [0.4, 0.5) is 0 Å². The van der Waals surface area contributed by atoms with Crippen LogP contribution in [0.3, 0.4) is 0 Å². The highest BCUT2D eigenvalue weighted by molar-refractivity contribution is 6.11. The molecule has 0 saturated heterocycles. The fraction of sp³-hybridized carbons (Fsp3) is 0.341. The van der Waals surface area contributed by atoms with Crippen molar-refractivity contribution in [3.8, 4) is 34.5 Å². The van der Waals surface area contributed by atoms with E-state index in [2.05, 4.69) is 51.4 Å². The summed E-state index contributed by atoms with van der Waals surface area (Å²) in [5.41, 5.74) is 8.30. The minimum atomic E-state index is 0.0404. The molecule has 6 aromatic heterocycles. The molecular weight excluding hydrogens is 733 g/mol. The van der Waals surface area contributed by atoms with Crippen LogP contribution < -0.4 is 9.47 Å². The number of allylic oxidation sites excluding steroid dienone is 2. The smallest absolute Gasteiger partial charge is 0.179 e. The van der Waals surface area contributed by atoms with Crippen molar-refractivity contribution in [3.63, 3.8) is 0 Å². The lowest BCUT2D eigenvalue weighted by atomic mass is 10.1. The first-order chi connectivity index (χ1) is 28.3. The summed E-state index contributed by atoms with van der Waals surface area (Å²) in [5, 5.41) is 22.4. The van der Waals surface area contributed by atoms with E-state index in [1.54, 1.807) is 6.07 Å². The Bertz CT molecular complexity index is 2840. The maximum atomic E-state index is 12.1. The number of carbonyl (C=O) groups is 1. The number of nitrogens with zero attached hydrogens (tertiary/aromatic N) is 10. The number of ether oxygens (including phenoxy) is 2. The third-order valence-corrected chi connectivity index (χ3v) is 10.2. The topological polar surface area (TPSA) is 153 Å². The van der Waals surface area contributed by atoms with E-state index in [0.29, 0.717) is 68.8 Å². The quantitative estimate of drug-likeness (QED) is 0.0584. The number of aromatic nitrogens is 10. The Labute approximate surface area is 335 Å². The SMILES string of the molecule is CCCOc1cc(C=O)cc2c3cnc(-c4cc(C)nn4CC)nc3n(C/C=C/Cn3c4nc(-c5cc(C)nn5CC)ncc4c4cc(C)cc(OCCCO)c43)c12. The molecule has 8 rings (SSSR count). The van der Waals surface area contributed by atoms with E-state index in [9.17, 15) is 9.90 Å². The van der Waals surface area contributed by atoms with Gasteiger partial charge in [0.2, 0.25) is 0 Å². The molecule has 2 aromatic carbocycles. The van der Waals surface area contributed by atoms with Gasteiger partial charge in [0.1, 0.15) is 40.5 Å². The Balaban J connectivity index is 1.27. The maximum Gasteiger partial charge on any atom is 0.179 e. The molecule has 1 N–H and O–H groups in total. The second kappa shape index (κ2) is 16.2. The summed E-state index contributed by atoms with van der Waals surface area (Å²) >= 11 is 0. The van der Waals surface area contributed by atoms with Crippen LogP contribution in [0, 0.1) is 20.8 Å². The molecule has 0 aliphatic rings. The van der Waals surface area contributed by atoms with Crippen LogP contribution in [-0.2, 0) is 26.2 Å². The Morgan fingerprint density at radius 3 is 1.72 bits per heavy atom. The molecule has 0 spiro atoms. The van der Waals surface area contributed by atoms with Crippen molar-refractivity contribution >= 4 is 50.2 Å². The molecule has 0 atom stereocenters. The number of rotatable bonds is 16. The Hall–Kier alpha value is -6.41. The van der Waals surface area contributed by atoms with Crippen molar-refractivity contribution in [2.45, 2.75) is 80.6 Å². The van der Waals surface area contributed by atoms with Gasteiger partial charge in [0.25, 0.3) is 0 Å². The lowest BCUT2D eigenvalue weighted by molar-refractivity contribution is 0.112. The van der Waals surface area contributed by atoms with Crippen LogP contribution >= 0.6 is 0 Å². The van der Waals surface area contributed by atoms with Gasteiger partial charge in [0.15, 0.2) is 11.6 Å². The molecule has 0 aliphatic heterocycles. The second-order valence-electron chi connectivity index (χ2n) is 14.5. The lowest BCUT2D eigenvalue weighted by Crippen LogP contribution is -2.05.